The van der Waals surface area contributed by atoms with Crippen LogP contribution < -0.4 is 11.1 Å². The van der Waals surface area contributed by atoms with Crippen molar-refractivity contribution in [2.75, 3.05) is 13.1 Å². The summed E-state index contributed by atoms with van der Waals surface area (Å²) in [6.07, 6.45) is 5.56. The van der Waals surface area contributed by atoms with Gasteiger partial charge in [0.1, 0.15) is 0 Å². The molecule has 0 aromatic carbocycles. The Kier molecular flexibility index (Phi) is 3.72. The van der Waals surface area contributed by atoms with E-state index in [4.69, 9.17) is 5.73 Å². The largest absolute Gasteiger partial charge is 0.356 e. The lowest BCUT2D eigenvalue weighted by atomic mass is 9.89. The summed E-state index contributed by atoms with van der Waals surface area (Å²) in [5.74, 6) is 0.0932. The average Bonchev–Trinajstić information content (AvgIpc) is 2.51. The Morgan fingerprint density at radius 2 is 2.08 bits per heavy atom. The molecule has 1 aliphatic rings. The van der Waals surface area contributed by atoms with Crippen molar-refractivity contribution >= 4 is 5.91 Å². The molecular formula is C10H20N2O. The van der Waals surface area contributed by atoms with Gasteiger partial charge in [0.15, 0.2) is 0 Å². The number of amides is 1. The molecular weight excluding hydrogens is 164 g/mol. The van der Waals surface area contributed by atoms with Gasteiger partial charge in [-0.2, -0.15) is 0 Å². The summed E-state index contributed by atoms with van der Waals surface area (Å²) in [7, 11) is 0. The van der Waals surface area contributed by atoms with Crippen molar-refractivity contribution in [2.24, 2.45) is 11.1 Å². The quantitative estimate of drug-likeness (QED) is 0.685. The zero-order chi connectivity index (χ0) is 9.73. The van der Waals surface area contributed by atoms with Crippen LogP contribution in [-0.4, -0.2) is 19.0 Å². The first-order chi connectivity index (χ1) is 6.16. The van der Waals surface area contributed by atoms with Gasteiger partial charge in [0, 0.05) is 19.5 Å². The summed E-state index contributed by atoms with van der Waals surface area (Å²) in [4.78, 5) is 11.2. The van der Waals surface area contributed by atoms with Crippen molar-refractivity contribution in [1.82, 2.24) is 5.32 Å². The minimum atomic E-state index is 0.0932. The van der Waals surface area contributed by atoms with Crippen LogP contribution in [0.15, 0.2) is 0 Å². The Bertz CT molecular complexity index is 174. The zero-order valence-corrected chi connectivity index (χ0v) is 8.44. The lowest BCUT2D eigenvalue weighted by Gasteiger charge is -2.23. The molecule has 0 aliphatic heterocycles. The highest BCUT2D eigenvalue weighted by molar-refractivity contribution is 5.76. The summed E-state index contributed by atoms with van der Waals surface area (Å²) < 4.78 is 0. The van der Waals surface area contributed by atoms with Crippen LogP contribution in [0.25, 0.3) is 0 Å². The fourth-order valence-electron chi connectivity index (χ4n) is 1.94. The Morgan fingerprint density at radius 1 is 1.46 bits per heavy atom. The van der Waals surface area contributed by atoms with Crippen molar-refractivity contribution in [2.45, 2.75) is 39.0 Å². The van der Waals surface area contributed by atoms with Crippen LogP contribution in [0.3, 0.4) is 0 Å². The molecule has 0 spiro atoms. The van der Waals surface area contributed by atoms with Crippen molar-refractivity contribution in [3.05, 3.63) is 0 Å². The second-order valence-corrected chi connectivity index (χ2v) is 4.33. The summed E-state index contributed by atoms with van der Waals surface area (Å²) in [5, 5.41) is 2.95. The standard InChI is InChI=1S/C10H20N2O/c1-10(5-2-3-6-10)8-12-9(13)4-7-11/h2-8,11H2,1H3,(H,12,13). The number of hydrogen-bond donors (Lipinski definition) is 2. The maximum absolute atomic E-state index is 11.2. The van der Waals surface area contributed by atoms with Gasteiger partial charge in [-0.1, -0.05) is 19.8 Å². The van der Waals surface area contributed by atoms with E-state index in [0.29, 0.717) is 18.4 Å². The smallest absolute Gasteiger partial charge is 0.221 e. The monoisotopic (exact) mass is 184 g/mol. The minimum absolute atomic E-state index is 0.0932. The van der Waals surface area contributed by atoms with Crippen LogP contribution in [0, 0.1) is 5.41 Å². The molecule has 0 atom stereocenters. The van der Waals surface area contributed by atoms with Gasteiger partial charge >= 0.3 is 0 Å². The molecule has 1 saturated carbocycles. The molecule has 0 bridgehead atoms. The number of rotatable bonds is 4. The van der Waals surface area contributed by atoms with Crippen LogP contribution >= 0.6 is 0 Å². The maximum atomic E-state index is 11.2. The molecule has 0 unspecified atom stereocenters. The van der Waals surface area contributed by atoms with E-state index in [-0.39, 0.29) is 5.91 Å². The molecule has 1 amide bonds. The topological polar surface area (TPSA) is 55.1 Å². The van der Waals surface area contributed by atoms with Gasteiger partial charge in [-0.15, -0.1) is 0 Å². The minimum Gasteiger partial charge on any atom is -0.356 e. The third-order valence-corrected chi connectivity index (χ3v) is 2.89. The summed E-state index contributed by atoms with van der Waals surface area (Å²) in [6.45, 7) is 3.52. The highest BCUT2D eigenvalue weighted by Crippen LogP contribution is 2.36. The Morgan fingerprint density at radius 3 is 2.62 bits per heavy atom. The first-order valence-corrected chi connectivity index (χ1v) is 5.13. The van der Waals surface area contributed by atoms with E-state index < -0.39 is 0 Å². The fourth-order valence-corrected chi connectivity index (χ4v) is 1.94. The Labute approximate surface area is 80.1 Å². The van der Waals surface area contributed by atoms with E-state index in [1.165, 1.54) is 25.7 Å². The van der Waals surface area contributed by atoms with Gasteiger partial charge in [0.2, 0.25) is 5.91 Å². The Balaban J connectivity index is 2.21. The molecule has 0 radical (unpaired) electrons. The first kappa shape index (κ1) is 10.5. The molecule has 1 rings (SSSR count). The second-order valence-electron chi connectivity index (χ2n) is 4.33. The maximum Gasteiger partial charge on any atom is 0.221 e. The van der Waals surface area contributed by atoms with E-state index in [1.807, 2.05) is 0 Å². The summed E-state index contributed by atoms with van der Waals surface area (Å²) >= 11 is 0. The lowest BCUT2D eigenvalue weighted by Crippen LogP contribution is -2.34. The van der Waals surface area contributed by atoms with Gasteiger partial charge in [0.25, 0.3) is 0 Å². The summed E-state index contributed by atoms with van der Waals surface area (Å²) in [6, 6.07) is 0. The van der Waals surface area contributed by atoms with E-state index in [0.717, 1.165) is 6.54 Å². The van der Waals surface area contributed by atoms with E-state index in [2.05, 4.69) is 12.2 Å². The van der Waals surface area contributed by atoms with Crippen molar-refractivity contribution in [3.63, 3.8) is 0 Å². The fraction of sp³-hybridized carbons (Fsp3) is 0.900. The first-order valence-electron chi connectivity index (χ1n) is 5.13. The molecule has 3 nitrogen and oxygen atoms in total. The Hall–Kier alpha value is -0.570. The predicted molar refractivity (Wildman–Crippen MR) is 53.3 cm³/mol. The normalized spacial score (nSPS) is 20.2. The second kappa shape index (κ2) is 4.61. The molecule has 76 valence electrons. The number of carbonyl (C=O) groups excluding carboxylic acids is 1. The molecule has 3 N–H and O–H groups in total. The van der Waals surface area contributed by atoms with Crippen LogP contribution in [-0.2, 0) is 4.79 Å². The summed E-state index contributed by atoms with van der Waals surface area (Å²) in [5.41, 5.74) is 5.64. The molecule has 3 heteroatoms. The van der Waals surface area contributed by atoms with Crippen molar-refractivity contribution < 1.29 is 4.79 Å². The number of carbonyl (C=O) groups is 1. The molecule has 0 aromatic rings. The van der Waals surface area contributed by atoms with Crippen LogP contribution in [0.5, 0.6) is 0 Å². The average molecular weight is 184 g/mol. The molecule has 1 aliphatic carbocycles. The van der Waals surface area contributed by atoms with E-state index >= 15 is 0 Å². The highest BCUT2D eigenvalue weighted by Gasteiger charge is 2.28. The van der Waals surface area contributed by atoms with Gasteiger partial charge in [-0.25, -0.2) is 0 Å². The third kappa shape index (κ3) is 3.35. The molecule has 0 heterocycles. The molecule has 13 heavy (non-hydrogen) atoms. The number of nitrogens with one attached hydrogen (secondary N) is 1. The van der Waals surface area contributed by atoms with Crippen LogP contribution in [0.4, 0.5) is 0 Å². The van der Waals surface area contributed by atoms with Crippen molar-refractivity contribution in [3.8, 4) is 0 Å². The SMILES string of the molecule is CC1(CNC(=O)CCN)CCCC1. The van der Waals surface area contributed by atoms with E-state index in [9.17, 15) is 4.79 Å². The van der Waals surface area contributed by atoms with Gasteiger partial charge in [-0.05, 0) is 18.3 Å². The third-order valence-electron chi connectivity index (χ3n) is 2.89. The molecule has 1 fully saturated rings. The number of nitrogens with two attached hydrogens (primary N) is 1. The van der Waals surface area contributed by atoms with Gasteiger partial charge < -0.3 is 11.1 Å². The van der Waals surface area contributed by atoms with Crippen LogP contribution in [0.1, 0.15) is 39.0 Å². The van der Waals surface area contributed by atoms with Crippen molar-refractivity contribution in [1.29, 1.82) is 0 Å². The highest BCUT2D eigenvalue weighted by atomic mass is 16.1. The lowest BCUT2D eigenvalue weighted by molar-refractivity contribution is -0.121. The zero-order valence-electron chi connectivity index (χ0n) is 8.44. The molecule has 0 saturated heterocycles. The molecule has 0 aromatic heterocycles. The predicted octanol–water partition coefficient (Wildman–Crippen LogP) is 1.03. The number of hydrogen-bond acceptors (Lipinski definition) is 2. The van der Waals surface area contributed by atoms with Gasteiger partial charge in [0.05, 0.1) is 0 Å². The van der Waals surface area contributed by atoms with E-state index in [1.54, 1.807) is 0 Å². The van der Waals surface area contributed by atoms with Crippen LogP contribution in [0.2, 0.25) is 0 Å². The van der Waals surface area contributed by atoms with Gasteiger partial charge in [-0.3, -0.25) is 4.79 Å².